The average Bonchev–Trinajstić information content (AvgIpc) is 2.34. The fourth-order valence-corrected chi connectivity index (χ4v) is 2.82. The Labute approximate surface area is 124 Å². The van der Waals surface area contributed by atoms with Crippen molar-refractivity contribution in [3.8, 4) is 0 Å². The van der Waals surface area contributed by atoms with Crippen LogP contribution in [0.25, 0.3) is 0 Å². The fraction of sp³-hybridized carbons (Fsp3) is 0.533. The molecule has 0 saturated carbocycles. The monoisotopic (exact) mass is 300 g/mol. The molecule has 1 aromatic carbocycles. The number of aliphatic imine (C=N–C) groups is 1. The number of rotatable bonds is 6. The molecule has 0 bridgehead atoms. The third-order valence-electron chi connectivity index (χ3n) is 2.80. The first-order chi connectivity index (χ1) is 9.35. The molecule has 2 nitrogen and oxygen atoms in total. The lowest BCUT2D eigenvalue weighted by molar-refractivity contribution is 0.129. The highest BCUT2D eigenvalue weighted by atomic mass is 32.2. The third-order valence-corrected chi connectivity index (χ3v) is 3.65. The zero-order valence-corrected chi connectivity index (χ0v) is 13.2. The van der Waals surface area contributed by atoms with Gasteiger partial charge in [0.25, 0.3) is 5.25 Å². The Morgan fingerprint density at radius 1 is 1.45 bits per heavy atom. The number of hydrogen-bond donors (Lipinski definition) is 1. The molecule has 0 heterocycles. The predicted octanol–water partition coefficient (Wildman–Crippen LogP) is 4.21. The van der Waals surface area contributed by atoms with Crippen molar-refractivity contribution in [2.75, 3.05) is 13.6 Å². The van der Waals surface area contributed by atoms with E-state index in [1.807, 2.05) is 25.1 Å². The molecule has 0 aromatic heterocycles. The molecule has 112 valence electrons. The van der Waals surface area contributed by atoms with Crippen LogP contribution in [-0.2, 0) is 6.42 Å². The van der Waals surface area contributed by atoms with Gasteiger partial charge in [-0.05, 0) is 31.0 Å². The van der Waals surface area contributed by atoms with Crippen LogP contribution in [0.1, 0.15) is 26.3 Å². The number of nitrogens with zero attached hydrogens (tertiary/aromatic N) is 1. The highest BCUT2D eigenvalue weighted by molar-refractivity contribution is 8.00. The van der Waals surface area contributed by atoms with Gasteiger partial charge in [-0.1, -0.05) is 30.8 Å². The maximum absolute atomic E-state index is 13.0. The van der Waals surface area contributed by atoms with Crippen LogP contribution >= 0.6 is 11.8 Å². The van der Waals surface area contributed by atoms with Gasteiger partial charge in [0.2, 0.25) is 0 Å². The molecular weight excluding hydrogens is 278 g/mol. The van der Waals surface area contributed by atoms with Crippen molar-refractivity contribution in [2.45, 2.75) is 37.3 Å². The van der Waals surface area contributed by atoms with E-state index in [1.54, 1.807) is 13.1 Å². The second kappa shape index (κ2) is 7.62. The van der Waals surface area contributed by atoms with Gasteiger partial charge in [0.1, 0.15) is 0 Å². The quantitative estimate of drug-likeness (QED) is 0.483. The number of thioether (sulfide) groups is 1. The minimum atomic E-state index is -2.75. The zero-order valence-electron chi connectivity index (χ0n) is 12.4. The second-order valence-electron chi connectivity index (χ2n) is 4.80. The molecule has 1 N–H and O–H groups in total. The topological polar surface area (TPSA) is 24.4 Å². The summed E-state index contributed by atoms with van der Waals surface area (Å²) in [7, 11) is 1.76. The number of halogens is 2. The second-order valence-corrected chi connectivity index (χ2v) is 6.19. The molecule has 0 aliphatic rings. The van der Waals surface area contributed by atoms with Gasteiger partial charge in [0.15, 0.2) is 0 Å². The minimum Gasteiger partial charge on any atom is -0.374 e. The molecule has 0 aliphatic carbocycles. The van der Waals surface area contributed by atoms with Crippen molar-refractivity contribution in [1.29, 1.82) is 0 Å². The summed E-state index contributed by atoms with van der Waals surface area (Å²) in [5.41, 5.74) is 1.05. The van der Waals surface area contributed by atoms with E-state index in [-0.39, 0.29) is 5.92 Å². The lowest BCUT2D eigenvalue weighted by Gasteiger charge is -2.16. The molecule has 0 aliphatic heterocycles. The molecule has 0 amide bonds. The molecule has 5 heteroatoms. The molecule has 1 unspecified atom stereocenters. The van der Waals surface area contributed by atoms with Gasteiger partial charge < -0.3 is 5.32 Å². The molecular formula is C15H22F2N2S. The summed E-state index contributed by atoms with van der Waals surface area (Å²) in [5, 5.41) is 0.484. The number of alkyl halides is 2. The van der Waals surface area contributed by atoms with E-state index in [4.69, 9.17) is 0 Å². The molecule has 1 atom stereocenters. The summed E-state index contributed by atoms with van der Waals surface area (Å²) >= 11 is 0.587. The van der Waals surface area contributed by atoms with Gasteiger partial charge >= 0.3 is 0 Å². The van der Waals surface area contributed by atoms with Crippen molar-refractivity contribution in [1.82, 2.24) is 5.32 Å². The van der Waals surface area contributed by atoms with Crippen LogP contribution in [0.15, 0.2) is 34.2 Å². The summed E-state index contributed by atoms with van der Waals surface area (Å²) in [6.07, 6.45) is 0.781. The average molecular weight is 300 g/mol. The van der Waals surface area contributed by atoms with E-state index in [1.165, 1.54) is 0 Å². The van der Waals surface area contributed by atoms with E-state index in [9.17, 15) is 8.78 Å². The maximum atomic E-state index is 13.0. The van der Waals surface area contributed by atoms with E-state index in [0.717, 1.165) is 31.3 Å². The van der Waals surface area contributed by atoms with Crippen LogP contribution < -0.4 is 5.32 Å². The van der Waals surface area contributed by atoms with Crippen molar-refractivity contribution in [3.63, 3.8) is 0 Å². The van der Waals surface area contributed by atoms with Gasteiger partial charge in [-0.25, -0.2) is 0 Å². The van der Waals surface area contributed by atoms with Crippen LogP contribution in [0, 0.1) is 5.92 Å². The number of amidine groups is 1. The highest BCUT2D eigenvalue weighted by Crippen LogP contribution is 2.35. The Bertz CT molecular complexity index is 455. The van der Waals surface area contributed by atoms with Crippen LogP contribution in [0.3, 0.4) is 0 Å². The summed E-state index contributed by atoms with van der Waals surface area (Å²) < 4.78 is 26.0. The van der Waals surface area contributed by atoms with Crippen LogP contribution in [0.4, 0.5) is 8.78 Å². The number of hydrogen-bond acceptors (Lipinski definition) is 2. The third kappa shape index (κ3) is 5.90. The van der Waals surface area contributed by atoms with Crippen molar-refractivity contribution >= 4 is 17.6 Å². The number of nitrogens with one attached hydrogen (secondary N) is 1. The summed E-state index contributed by atoms with van der Waals surface area (Å²) in [4.78, 5) is 4.83. The number of benzene rings is 1. The Balaban J connectivity index is 2.75. The molecule has 0 radical (unpaired) electrons. The van der Waals surface area contributed by atoms with E-state index >= 15 is 0 Å². The molecule has 0 fully saturated rings. The predicted molar refractivity (Wildman–Crippen MR) is 82.8 cm³/mol. The van der Waals surface area contributed by atoms with Gasteiger partial charge in [-0.15, -0.1) is 0 Å². The first-order valence-corrected chi connectivity index (χ1v) is 7.53. The van der Waals surface area contributed by atoms with Crippen molar-refractivity contribution in [2.24, 2.45) is 10.9 Å². The first-order valence-electron chi connectivity index (χ1n) is 6.72. The Morgan fingerprint density at radius 2 is 2.15 bits per heavy atom. The molecule has 1 rings (SSSR count). The zero-order chi connectivity index (χ0) is 15.2. The minimum absolute atomic E-state index is 0.238. The smallest absolute Gasteiger partial charge is 0.295 e. The largest absolute Gasteiger partial charge is 0.374 e. The Hall–Kier alpha value is -1.10. The highest BCUT2D eigenvalue weighted by Gasteiger charge is 2.22. The first kappa shape index (κ1) is 17.0. The molecule has 0 saturated heterocycles. The van der Waals surface area contributed by atoms with Crippen molar-refractivity contribution < 1.29 is 8.78 Å². The van der Waals surface area contributed by atoms with Gasteiger partial charge in [-0.2, -0.15) is 8.78 Å². The van der Waals surface area contributed by atoms with Gasteiger partial charge in [0, 0.05) is 31.3 Å². The molecule has 0 spiro atoms. The lowest BCUT2D eigenvalue weighted by atomic mass is 10.00. The van der Waals surface area contributed by atoms with E-state index in [2.05, 4.69) is 17.2 Å². The van der Waals surface area contributed by atoms with Gasteiger partial charge in [0.05, 0.1) is 5.84 Å². The molecule has 1 aromatic rings. The van der Waals surface area contributed by atoms with Crippen LogP contribution in [-0.4, -0.2) is 24.7 Å². The normalized spacial score (nSPS) is 14.2. The van der Waals surface area contributed by atoms with Gasteiger partial charge in [-0.3, -0.25) is 4.99 Å². The van der Waals surface area contributed by atoms with Crippen LogP contribution in [0.2, 0.25) is 0 Å². The fourth-order valence-electron chi connectivity index (χ4n) is 2.05. The summed E-state index contributed by atoms with van der Waals surface area (Å²) in [6.45, 7) is 5.85. The van der Waals surface area contributed by atoms with Crippen LogP contribution in [0.5, 0.6) is 0 Å². The Kier molecular flexibility index (Phi) is 6.46. The van der Waals surface area contributed by atoms with Crippen molar-refractivity contribution in [3.05, 3.63) is 29.8 Å². The summed E-state index contributed by atoms with van der Waals surface area (Å²) in [5.74, 6) is 1.19. The standard InChI is InChI=1S/C15H22F2N2S/c1-5-19-14(18-4)11(2)9-12-7-6-8-13(10-12)20-15(3,16)17/h6-8,10-11H,5,9H2,1-4H3,(H,18,19). The van der Waals surface area contributed by atoms with E-state index in [0.29, 0.717) is 16.7 Å². The molecule has 20 heavy (non-hydrogen) atoms. The SMILES string of the molecule is CCNC(=NC)C(C)Cc1cccc(SC(C)(F)F)c1. The lowest BCUT2D eigenvalue weighted by Crippen LogP contribution is -2.30. The maximum Gasteiger partial charge on any atom is 0.295 e. The van der Waals surface area contributed by atoms with E-state index < -0.39 is 5.25 Å². The Morgan fingerprint density at radius 3 is 2.70 bits per heavy atom. The summed E-state index contributed by atoms with van der Waals surface area (Å²) in [6, 6.07) is 7.34.